The zero-order valence-corrected chi connectivity index (χ0v) is 12.3. The number of amides is 1. The molecule has 0 saturated heterocycles. The lowest BCUT2D eigenvalue weighted by Crippen LogP contribution is -2.17. The number of hydrogen-bond acceptors (Lipinski definition) is 5. The third-order valence-electron chi connectivity index (χ3n) is 3.09. The van der Waals surface area contributed by atoms with Gasteiger partial charge in [-0.15, -0.1) is 0 Å². The molecule has 1 N–H and O–H groups in total. The Morgan fingerprint density at radius 1 is 1.36 bits per heavy atom. The molecule has 3 rings (SSSR count). The number of esters is 1. The Balaban J connectivity index is 2.02. The van der Waals surface area contributed by atoms with Crippen LogP contribution in [-0.2, 0) is 20.5 Å². The molecule has 0 aliphatic carbocycles. The molecule has 1 aliphatic heterocycles. The van der Waals surface area contributed by atoms with E-state index in [1.807, 2.05) is 0 Å². The lowest BCUT2D eigenvalue weighted by molar-refractivity contribution is -0.114. The van der Waals surface area contributed by atoms with Crippen molar-refractivity contribution in [2.45, 2.75) is 0 Å². The van der Waals surface area contributed by atoms with E-state index in [0.29, 0.717) is 16.7 Å². The summed E-state index contributed by atoms with van der Waals surface area (Å²) in [5, 5.41) is 4.34. The summed E-state index contributed by atoms with van der Waals surface area (Å²) in [5.74, 6) is -0.885. The first-order valence-electron chi connectivity index (χ1n) is 6.27. The molecular weight excluding hydrogens is 306 g/mol. The third kappa shape index (κ3) is 2.44. The first-order valence-corrected chi connectivity index (χ1v) is 7.42. The van der Waals surface area contributed by atoms with Crippen LogP contribution in [0.15, 0.2) is 42.7 Å². The highest BCUT2D eigenvalue weighted by Crippen LogP contribution is 2.25. The molecule has 1 aromatic carbocycles. The molecule has 1 amide bonds. The number of carbonyl (C=O) groups is 2. The van der Waals surface area contributed by atoms with Crippen LogP contribution in [0, 0.1) is 0 Å². The molecule has 0 fully saturated rings. The van der Waals surface area contributed by atoms with Gasteiger partial charge in [0, 0.05) is 17.8 Å². The number of rotatable bonds is 3. The first kappa shape index (κ1) is 14.2. The second-order valence-electron chi connectivity index (χ2n) is 4.43. The van der Waals surface area contributed by atoms with Crippen molar-refractivity contribution >= 4 is 27.9 Å². The van der Waals surface area contributed by atoms with Crippen LogP contribution in [-0.4, -0.2) is 33.0 Å². The number of aromatic nitrogens is 2. The highest BCUT2D eigenvalue weighted by Gasteiger charge is 2.22. The summed E-state index contributed by atoms with van der Waals surface area (Å²) in [4.78, 5) is 23.0. The van der Waals surface area contributed by atoms with E-state index in [0.717, 1.165) is 0 Å². The summed E-state index contributed by atoms with van der Waals surface area (Å²) in [7, 11) is -0.318. The summed E-state index contributed by atoms with van der Waals surface area (Å²) in [6.45, 7) is 0. The minimum absolute atomic E-state index is 0.242. The molecule has 1 atom stereocenters. The molecule has 8 heteroatoms. The maximum absolute atomic E-state index is 11.8. The van der Waals surface area contributed by atoms with E-state index in [2.05, 4.69) is 9.82 Å². The summed E-state index contributed by atoms with van der Waals surface area (Å²) < 4.78 is 20.1. The molecule has 0 spiro atoms. The summed E-state index contributed by atoms with van der Waals surface area (Å²) in [6.07, 6.45) is 4.35. The average molecular weight is 317 g/mol. The highest BCUT2D eigenvalue weighted by atomic mass is 32.2. The molecule has 2 aromatic rings. The molecule has 1 unspecified atom stereocenters. The Morgan fingerprint density at radius 2 is 2.14 bits per heavy atom. The fourth-order valence-corrected chi connectivity index (χ4v) is 2.93. The van der Waals surface area contributed by atoms with Crippen LogP contribution < -0.4 is 4.72 Å². The van der Waals surface area contributed by atoms with Crippen molar-refractivity contribution in [1.82, 2.24) is 14.5 Å². The lowest BCUT2D eigenvalue weighted by atomic mass is 10.0. The van der Waals surface area contributed by atoms with Gasteiger partial charge in [-0.2, -0.15) is 5.10 Å². The quantitative estimate of drug-likeness (QED) is 0.851. The number of carbonyl (C=O) groups excluding carboxylic acids is 2. The maximum atomic E-state index is 11.8. The summed E-state index contributed by atoms with van der Waals surface area (Å²) in [6, 6.07) is 6.93. The molecule has 0 bridgehead atoms. The topological polar surface area (TPSA) is 90.3 Å². The van der Waals surface area contributed by atoms with Crippen LogP contribution in [0.1, 0.15) is 10.4 Å². The third-order valence-corrected chi connectivity index (χ3v) is 4.16. The fourth-order valence-electron chi connectivity index (χ4n) is 2.10. The Hall–Kier alpha value is -2.74. The van der Waals surface area contributed by atoms with Gasteiger partial charge < -0.3 is 4.74 Å². The molecule has 2 heterocycles. The van der Waals surface area contributed by atoms with Gasteiger partial charge in [-0.25, -0.2) is 13.7 Å². The van der Waals surface area contributed by atoms with Crippen molar-refractivity contribution in [1.29, 1.82) is 0 Å². The number of ether oxygens (including phenoxy) is 1. The molecule has 7 nitrogen and oxygen atoms in total. The van der Waals surface area contributed by atoms with Gasteiger partial charge in [0.15, 0.2) is 16.0 Å². The van der Waals surface area contributed by atoms with Gasteiger partial charge in [0.2, 0.25) is 0 Å². The van der Waals surface area contributed by atoms with Gasteiger partial charge in [0.25, 0.3) is 5.91 Å². The molecule has 22 heavy (non-hydrogen) atoms. The van der Waals surface area contributed by atoms with E-state index >= 15 is 0 Å². The summed E-state index contributed by atoms with van der Waals surface area (Å²) in [5.41, 5.74) is 1.70. The monoisotopic (exact) mass is 317 g/mol. The Kier molecular flexibility index (Phi) is 3.60. The highest BCUT2D eigenvalue weighted by molar-refractivity contribution is 7.93. The van der Waals surface area contributed by atoms with Crippen LogP contribution in [0.3, 0.4) is 0 Å². The predicted octanol–water partition coefficient (Wildman–Crippen LogP) is 0.929. The van der Waals surface area contributed by atoms with E-state index < -0.39 is 22.9 Å². The zero-order valence-electron chi connectivity index (χ0n) is 11.5. The van der Waals surface area contributed by atoms with E-state index in [9.17, 15) is 13.8 Å². The second-order valence-corrected chi connectivity index (χ2v) is 5.59. The summed E-state index contributed by atoms with van der Waals surface area (Å²) >= 11 is 0. The number of nitrogens with one attached hydrogen (secondary N) is 1. The smallest absolute Gasteiger partial charge is 0.338 e. The lowest BCUT2D eigenvalue weighted by Gasteiger charge is -2.05. The average Bonchev–Trinajstić information content (AvgIpc) is 3.12. The van der Waals surface area contributed by atoms with Gasteiger partial charge >= 0.3 is 5.97 Å². The molecular formula is C14H11N3O4S. The van der Waals surface area contributed by atoms with Crippen LogP contribution in [0.5, 0.6) is 0 Å². The van der Waals surface area contributed by atoms with Crippen molar-refractivity contribution < 1.29 is 18.5 Å². The van der Waals surface area contributed by atoms with Gasteiger partial charge in [-0.3, -0.25) is 9.52 Å². The van der Waals surface area contributed by atoms with Crippen molar-refractivity contribution in [3.63, 3.8) is 0 Å². The van der Waals surface area contributed by atoms with Crippen molar-refractivity contribution in [3.05, 3.63) is 48.3 Å². The van der Waals surface area contributed by atoms with Crippen molar-refractivity contribution in [2.24, 2.45) is 0 Å². The normalized spacial score (nSPS) is 17.0. The van der Waals surface area contributed by atoms with Gasteiger partial charge in [0.1, 0.15) is 0 Å². The maximum Gasteiger partial charge on any atom is 0.338 e. The van der Waals surface area contributed by atoms with Crippen LogP contribution in [0.25, 0.3) is 16.2 Å². The first-order chi connectivity index (χ1) is 10.6. The predicted molar refractivity (Wildman–Crippen MR) is 79.6 cm³/mol. The molecule has 1 aromatic heterocycles. The number of methoxy groups -OCH3 is 1. The van der Waals surface area contributed by atoms with Crippen LogP contribution in [0.4, 0.5) is 0 Å². The van der Waals surface area contributed by atoms with Crippen molar-refractivity contribution in [3.8, 4) is 11.1 Å². The second kappa shape index (κ2) is 5.57. The number of nitrogens with zero attached hydrogens (tertiary/aromatic N) is 2. The fraction of sp³-hybridized carbons (Fsp3) is 0.0714. The van der Waals surface area contributed by atoms with E-state index in [4.69, 9.17) is 4.74 Å². The number of benzene rings is 1. The minimum Gasteiger partial charge on any atom is -0.465 e. The Morgan fingerprint density at radius 3 is 2.82 bits per heavy atom. The number of hydrogen-bond donors (Lipinski definition) is 1. The van der Waals surface area contributed by atoms with Crippen LogP contribution >= 0.6 is 0 Å². The van der Waals surface area contributed by atoms with Crippen molar-refractivity contribution in [2.75, 3.05) is 7.11 Å². The Labute approximate surface area is 128 Å². The molecule has 112 valence electrons. The van der Waals surface area contributed by atoms with E-state index in [-0.39, 0.29) is 5.03 Å². The van der Waals surface area contributed by atoms with E-state index in [1.54, 1.807) is 30.5 Å². The standard InChI is InChI=1S/C14H11N3O4S/c1-21-14(19)11-5-3-2-4-10(11)9-7-15-17(8-9)13-6-12(18)16-22(13)20/h2-8H,1H3,(H,16,18). The van der Waals surface area contributed by atoms with Gasteiger partial charge in [-0.05, 0) is 11.6 Å². The van der Waals surface area contributed by atoms with Gasteiger partial charge in [0.05, 0.1) is 18.9 Å². The van der Waals surface area contributed by atoms with Crippen LogP contribution in [0.2, 0.25) is 0 Å². The minimum atomic E-state index is -1.63. The molecule has 0 saturated carbocycles. The molecule has 1 aliphatic rings. The zero-order chi connectivity index (χ0) is 15.7. The van der Waals surface area contributed by atoms with Gasteiger partial charge in [-0.1, -0.05) is 18.2 Å². The SMILES string of the molecule is COC(=O)c1ccccc1-c1cnn(C2=CC(=O)NS2=O)c1. The Bertz CT molecular complexity index is 825. The van der Waals surface area contributed by atoms with E-state index in [1.165, 1.54) is 24.1 Å². The largest absolute Gasteiger partial charge is 0.465 e. The molecule has 0 radical (unpaired) electrons.